The average molecular weight is 542 g/mol. The standard InChI is InChI=1S/C16H9Br2F7OS/c1-8-2-4-9(5-3-8)13-11(18)6-10(17)7-12(13)27(26)16(24,25)14(19,20)15(21,22)23/h2-7H,1H3. The Balaban J connectivity index is 2.71. The molecule has 0 aliphatic rings. The Morgan fingerprint density at radius 3 is 1.89 bits per heavy atom. The van der Waals surface area contributed by atoms with Gasteiger partial charge in [0.2, 0.25) is 0 Å². The van der Waals surface area contributed by atoms with Crippen LogP contribution in [0.25, 0.3) is 11.1 Å². The molecule has 11 heteroatoms. The van der Waals surface area contributed by atoms with E-state index in [0.717, 1.165) is 11.6 Å². The minimum absolute atomic E-state index is 0.0692. The molecule has 0 amide bonds. The van der Waals surface area contributed by atoms with E-state index in [-0.39, 0.29) is 20.1 Å². The Hall–Kier alpha value is -0.940. The first-order valence-corrected chi connectivity index (χ1v) is 9.74. The maximum absolute atomic E-state index is 14.0. The number of alkyl halides is 7. The predicted molar refractivity (Wildman–Crippen MR) is 94.4 cm³/mol. The van der Waals surface area contributed by atoms with Crippen LogP contribution >= 0.6 is 31.9 Å². The van der Waals surface area contributed by atoms with Gasteiger partial charge in [-0.25, -0.2) is 4.21 Å². The van der Waals surface area contributed by atoms with E-state index in [9.17, 15) is 34.9 Å². The molecule has 0 aliphatic heterocycles. The summed E-state index contributed by atoms with van der Waals surface area (Å²) in [6.45, 7) is 1.73. The quantitative estimate of drug-likeness (QED) is 0.378. The zero-order valence-corrected chi connectivity index (χ0v) is 17.2. The Labute approximate surface area is 168 Å². The first-order chi connectivity index (χ1) is 12.2. The smallest absolute Gasteiger partial charge is 0.248 e. The number of halogens is 9. The number of hydrogen-bond acceptors (Lipinski definition) is 1. The highest BCUT2D eigenvalue weighted by atomic mass is 79.9. The van der Waals surface area contributed by atoms with E-state index in [4.69, 9.17) is 0 Å². The van der Waals surface area contributed by atoms with Crippen LogP contribution in [0.5, 0.6) is 0 Å². The van der Waals surface area contributed by atoms with E-state index >= 15 is 0 Å². The van der Waals surface area contributed by atoms with Crippen molar-refractivity contribution in [3.05, 3.63) is 50.9 Å². The molecule has 1 atom stereocenters. The summed E-state index contributed by atoms with van der Waals surface area (Å²) in [5, 5.41) is -5.88. The molecule has 0 radical (unpaired) electrons. The molecule has 1 unspecified atom stereocenters. The first kappa shape index (κ1) is 22.4. The number of benzene rings is 2. The maximum Gasteiger partial charge on any atom is 0.461 e. The van der Waals surface area contributed by atoms with Crippen molar-refractivity contribution in [3.8, 4) is 11.1 Å². The molecule has 2 aromatic carbocycles. The first-order valence-electron chi connectivity index (χ1n) is 7.00. The summed E-state index contributed by atoms with van der Waals surface area (Å²) in [7, 11) is -4.01. The average Bonchev–Trinajstić information content (AvgIpc) is 2.53. The number of rotatable bonds is 4. The van der Waals surface area contributed by atoms with Crippen LogP contribution in [0.3, 0.4) is 0 Å². The van der Waals surface area contributed by atoms with Crippen molar-refractivity contribution < 1.29 is 34.9 Å². The van der Waals surface area contributed by atoms with Crippen molar-refractivity contribution in [2.45, 2.75) is 29.2 Å². The Morgan fingerprint density at radius 2 is 1.41 bits per heavy atom. The van der Waals surface area contributed by atoms with Gasteiger partial charge in [0, 0.05) is 14.5 Å². The van der Waals surface area contributed by atoms with Crippen molar-refractivity contribution in [3.63, 3.8) is 0 Å². The summed E-state index contributed by atoms with van der Waals surface area (Å²) < 4.78 is 104. The fourth-order valence-corrected chi connectivity index (χ4v) is 5.12. The highest BCUT2D eigenvalue weighted by molar-refractivity contribution is 9.11. The molecule has 2 aromatic rings. The maximum atomic E-state index is 14.0. The van der Waals surface area contributed by atoms with Crippen molar-refractivity contribution >= 4 is 42.7 Å². The Morgan fingerprint density at radius 1 is 0.889 bits per heavy atom. The highest BCUT2D eigenvalue weighted by Crippen LogP contribution is 2.51. The fourth-order valence-electron chi connectivity index (χ4n) is 2.12. The van der Waals surface area contributed by atoms with Crippen LogP contribution < -0.4 is 0 Å². The number of aryl methyl sites for hydroxylation is 1. The molecule has 0 saturated carbocycles. The van der Waals surface area contributed by atoms with Gasteiger partial charge in [0.05, 0.1) is 4.90 Å². The molecule has 0 N–H and O–H groups in total. The van der Waals surface area contributed by atoms with Crippen LogP contribution in [0.2, 0.25) is 0 Å². The van der Waals surface area contributed by atoms with Gasteiger partial charge in [-0.1, -0.05) is 61.7 Å². The molecule has 0 heterocycles. The minimum Gasteiger partial charge on any atom is -0.248 e. The fraction of sp³-hybridized carbons (Fsp3) is 0.250. The lowest BCUT2D eigenvalue weighted by Crippen LogP contribution is -2.54. The van der Waals surface area contributed by atoms with E-state index < -0.39 is 33.0 Å². The van der Waals surface area contributed by atoms with Crippen LogP contribution in [0, 0.1) is 6.92 Å². The molecule has 27 heavy (non-hydrogen) atoms. The second-order valence-corrected chi connectivity index (χ2v) is 8.74. The minimum atomic E-state index is -6.57. The number of hydrogen-bond donors (Lipinski definition) is 0. The second-order valence-electron chi connectivity index (χ2n) is 5.48. The molecule has 0 aromatic heterocycles. The molecule has 0 bridgehead atoms. The second kappa shape index (κ2) is 7.47. The van der Waals surface area contributed by atoms with Crippen LogP contribution in [-0.4, -0.2) is 21.6 Å². The van der Waals surface area contributed by atoms with Gasteiger partial charge in [-0.05, 0) is 24.6 Å². The molecule has 0 saturated heterocycles. The van der Waals surface area contributed by atoms with Crippen LogP contribution in [-0.2, 0) is 10.8 Å². The van der Waals surface area contributed by atoms with Crippen molar-refractivity contribution in [1.29, 1.82) is 0 Å². The summed E-state index contributed by atoms with van der Waals surface area (Å²) in [5.41, 5.74) is 0.840. The lowest BCUT2D eigenvalue weighted by Gasteiger charge is -2.28. The molecule has 2 rings (SSSR count). The Kier molecular flexibility index (Phi) is 6.19. The van der Waals surface area contributed by atoms with Crippen molar-refractivity contribution in [2.75, 3.05) is 0 Å². The van der Waals surface area contributed by atoms with Crippen molar-refractivity contribution in [1.82, 2.24) is 0 Å². The zero-order chi connectivity index (χ0) is 20.8. The topological polar surface area (TPSA) is 17.1 Å². The van der Waals surface area contributed by atoms with Crippen LogP contribution in [0.4, 0.5) is 30.7 Å². The van der Waals surface area contributed by atoms with E-state index in [1.165, 1.54) is 18.2 Å². The molecule has 148 valence electrons. The lowest BCUT2D eigenvalue weighted by atomic mass is 10.0. The van der Waals surface area contributed by atoms with Crippen LogP contribution in [0.15, 0.2) is 50.2 Å². The SMILES string of the molecule is Cc1ccc(-c2c(Br)cc(Br)cc2S(=O)C(F)(F)C(F)(F)C(F)(F)F)cc1. The third-order valence-electron chi connectivity index (χ3n) is 3.51. The van der Waals surface area contributed by atoms with Gasteiger partial charge in [-0.2, -0.15) is 30.7 Å². The monoisotopic (exact) mass is 540 g/mol. The molecule has 0 spiro atoms. The summed E-state index contributed by atoms with van der Waals surface area (Å²) in [6, 6.07) is 8.26. The molecular formula is C16H9Br2F7OS. The third kappa shape index (κ3) is 4.09. The van der Waals surface area contributed by atoms with Gasteiger partial charge < -0.3 is 0 Å². The normalized spacial score (nSPS) is 14.3. The van der Waals surface area contributed by atoms with E-state index in [2.05, 4.69) is 31.9 Å². The van der Waals surface area contributed by atoms with Crippen molar-refractivity contribution in [2.24, 2.45) is 0 Å². The zero-order valence-electron chi connectivity index (χ0n) is 13.2. The van der Waals surface area contributed by atoms with Gasteiger partial charge in [-0.3, -0.25) is 0 Å². The van der Waals surface area contributed by atoms with Gasteiger partial charge >= 0.3 is 17.4 Å². The Bertz CT molecular complexity index is 880. The molecule has 1 nitrogen and oxygen atoms in total. The predicted octanol–water partition coefficient (Wildman–Crippen LogP) is 7.09. The summed E-state index contributed by atoms with van der Waals surface area (Å²) in [4.78, 5) is -0.867. The molecule has 0 aliphatic carbocycles. The van der Waals surface area contributed by atoms with Gasteiger partial charge in [0.1, 0.15) is 10.8 Å². The van der Waals surface area contributed by atoms with Gasteiger partial charge in [0.25, 0.3) is 0 Å². The largest absolute Gasteiger partial charge is 0.461 e. The summed E-state index contributed by atoms with van der Waals surface area (Å²) in [5.74, 6) is -6.48. The van der Waals surface area contributed by atoms with Crippen LogP contribution in [0.1, 0.15) is 5.56 Å². The van der Waals surface area contributed by atoms with E-state index in [1.54, 1.807) is 19.1 Å². The van der Waals surface area contributed by atoms with E-state index in [0.29, 0.717) is 0 Å². The molecule has 0 fully saturated rings. The molecular weight excluding hydrogens is 533 g/mol. The van der Waals surface area contributed by atoms with Gasteiger partial charge in [-0.15, -0.1) is 0 Å². The van der Waals surface area contributed by atoms with Gasteiger partial charge in [0.15, 0.2) is 0 Å². The van der Waals surface area contributed by atoms with E-state index in [1.807, 2.05) is 0 Å². The summed E-state index contributed by atoms with van der Waals surface area (Å²) in [6.07, 6.45) is -6.57. The highest BCUT2D eigenvalue weighted by Gasteiger charge is 2.76. The lowest BCUT2D eigenvalue weighted by molar-refractivity contribution is -0.331. The summed E-state index contributed by atoms with van der Waals surface area (Å²) >= 11 is 6.00. The third-order valence-corrected chi connectivity index (χ3v) is 6.04.